The van der Waals surface area contributed by atoms with Gasteiger partial charge < -0.3 is 0 Å². The van der Waals surface area contributed by atoms with E-state index < -0.39 is 0 Å². The lowest BCUT2D eigenvalue weighted by Crippen LogP contribution is -1.93. The molecule has 1 heterocycles. The molecule has 0 unspecified atom stereocenters. The van der Waals surface area contributed by atoms with Crippen molar-refractivity contribution < 1.29 is 4.79 Å². The molecule has 2 aromatic carbocycles. The molecule has 0 bridgehead atoms. The van der Waals surface area contributed by atoms with Gasteiger partial charge in [-0.2, -0.15) is 0 Å². The van der Waals surface area contributed by atoms with Crippen LogP contribution in [0.2, 0.25) is 0 Å². The van der Waals surface area contributed by atoms with Crippen LogP contribution >= 0.6 is 0 Å². The molecule has 3 nitrogen and oxygen atoms in total. The first-order valence-electron chi connectivity index (χ1n) is 6.05. The third kappa shape index (κ3) is 2.10. The van der Waals surface area contributed by atoms with E-state index in [1.54, 1.807) is 19.3 Å². The number of hydrogen-bond acceptors (Lipinski definition) is 3. The summed E-state index contributed by atoms with van der Waals surface area (Å²) < 4.78 is 0. The molecule has 0 saturated carbocycles. The lowest BCUT2D eigenvalue weighted by molar-refractivity contribution is 0.101. The standard InChI is InChI=1S/C16H12N2O/c1-11(19)15-4-2-3-12-5-6-13(7-16(12)15)14-8-17-10-18-9-14/h2-10H,1H3. The van der Waals surface area contributed by atoms with Crippen LogP contribution in [0.5, 0.6) is 0 Å². The van der Waals surface area contributed by atoms with E-state index in [9.17, 15) is 4.79 Å². The molecule has 1 aromatic heterocycles. The molecule has 0 fully saturated rings. The van der Waals surface area contributed by atoms with E-state index in [-0.39, 0.29) is 5.78 Å². The van der Waals surface area contributed by atoms with E-state index in [0.717, 1.165) is 27.5 Å². The average molecular weight is 248 g/mol. The maximum Gasteiger partial charge on any atom is 0.160 e. The molecule has 19 heavy (non-hydrogen) atoms. The van der Waals surface area contributed by atoms with Crippen LogP contribution < -0.4 is 0 Å². The van der Waals surface area contributed by atoms with Gasteiger partial charge in [0.25, 0.3) is 0 Å². The number of ketones is 1. The molecular formula is C16H12N2O. The van der Waals surface area contributed by atoms with E-state index in [0.29, 0.717) is 0 Å². The highest BCUT2D eigenvalue weighted by atomic mass is 16.1. The molecule has 92 valence electrons. The predicted molar refractivity (Wildman–Crippen MR) is 75.0 cm³/mol. The van der Waals surface area contributed by atoms with Crippen molar-refractivity contribution in [2.75, 3.05) is 0 Å². The highest BCUT2D eigenvalue weighted by molar-refractivity contribution is 6.07. The highest BCUT2D eigenvalue weighted by Crippen LogP contribution is 2.26. The number of hydrogen-bond donors (Lipinski definition) is 0. The van der Waals surface area contributed by atoms with Crippen LogP contribution in [-0.4, -0.2) is 15.8 Å². The molecule has 3 heteroatoms. The molecule has 0 saturated heterocycles. The second-order valence-corrected chi connectivity index (χ2v) is 4.42. The molecule has 0 aliphatic rings. The van der Waals surface area contributed by atoms with Crippen molar-refractivity contribution in [2.45, 2.75) is 6.92 Å². The smallest absolute Gasteiger partial charge is 0.160 e. The van der Waals surface area contributed by atoms with Crippen LogP contribution in [0, 0.1) is 0 Å². The Balaban J connectivity index is 2.25. The van der Waals surface area contributed by atoms with Crippen molar-refractivity contribution in [1.29, 1.82) is 0 Å². The zero-order valence-corrected chi connectivity index (χ0v) is 10.5. The SMILES string of the molecule is CC(=O)c1cccc2ccc(-c3cncnc3)cc12. The van der Waals surface area contributed by atoms with Crippen molar-refractivity contribution in [3.05, 3.63) is 60.7 Å². The van der Waals surface area contributed by atoms with Gasteiger partial charge >= 0.3 is 0 Å². The molecule has 0 spiro atoms. The highest BCUT2D eigenvalue weighted by Gasteiger charge is 2.07. The largest absolute Gasteiger partial charge is 0.294 e. The van der Waals surface area contributed by atoms with Crippen molar-refractivity contribution in [1.82, 2.24) is 9.97 Å². The van der Waals surface area contributed by atoms with Gasteiger partial charge in [0.05, 0.1) is 0 Å². The second kappa shape index (κ2) is 4.61. The number of benzene rings is 2. The van der Waals surface area contributed by atoms with Gasteiger partial charge in [0.1, 0.15) is 6.33 Å². The number of nitrogens with zero attached hydrogens (tertiary/aromatic N) is 2. The van der Waals surface area contributed by atoms with Crippen molar-refractivity contribution >= 4 is 16.6 Å². The molecule has 3 aromatic rings. The van der Waals surface area contributed by atoms with Gasteiger partial charge in [-0.3, -0.25) is 4.79 Å². The Bertz CT molecular complexity index is 751. The average Bonchev–Trinajstić information content (AvgIpc) is 2.47. The van der Waals surface area contributed by atoms with Gasteiger partial charge in [-0.05, 0) is 29.3 Å². The topological polar surface area (TPSA) is 42.9 Å². The summed E-state index contributed by atoms with van der Waals surface area (Å²) in [5, 5.41) is 2.03. The summed E-state index contributed by atoms with van der Waals surface area (Å²) in [4.78, 5) is 19.7. The van der Waals surface area contributed by atoms with Gasteiger partial charge in [0, 0.05) is 23.5 Å². The van der Waals surface area contributed by atoms with E-state index >= 15 is 0 Å². The summed E-state index contributed by atoms with van der Waals surface area (Å²) in [5.74, 6) is 0.0760. The van der Waals surface area contributed by atoms with E-state index in [1.807, 2.05) is 36.4 Å². The zero-order valence-electron chi connectivity index (χ0n) is 10.5. The van der Waals surface area contributed by atoms with Crippen LogP contribution in [0.3, 0.4) is 0 Å². The Morgan fingerprint density at radius 1 is 1.00 bits per heavy atom. The van der Waals surface area contributed by atoms with Crippen molar-refractivity contribution in [3.8, 4) is 11.1 Å². The van der Waals surface area contributed by atoms with Gasteiger partial charge in [-0.1, -0.05) is 30.3 Å². The Morgan fingerprint density at radius 3 is 2.53 bits per heavy atom. The molecule has 0 amide bonds. The van der Waals surface area contributed by atoms with Gasteiger partial charge in [0.2, 0.25) is 0 Å². The van der Waals surface area contributed by atoms with Crippen LogP contribution in [0.15, 0.2) is 55.1 Å². The minimum absolute atomic E-state index is 0.0760. The summed E-state index contributed by atoms with van der Waals surface area (Å²) in [6.07, 6.45) is 5.04. The number of carbonyl (C=O) groups excluding carboxylic acids is 1. The molecule has 0 N–H and O–H groups in total. The first-order chi connectivity index (χ1) is 9.25. The predicted octanol–water partition coefficient (Wildman–Crippen LogP) is 3.50. The van der Waals surface area contributed by atoms with Crippen LogP contribution in [0.25, 0.3) is 21.9 Å². The van der Waals surface area contributed by atoms with E-state index in [4.69, 9.17) is 0 Å². The third-order valence-electron chi connectivity index (χ3n) is 3.16. The normalized spacial score (nSPS) is 10.6. The monoisotopic (exact) mass is 248 g/mol. The Hall–Kier alpha value is -2.55. The van der Waals surface area contributed by atoms with Crippen molar-refractivity contribution in [2.24, 2.45) is 0 Å². The fourth-order valence-corrected chi connectivity index (χ4v) is 2.21. The molecule has 0 aliphatic heterocycles. The molecule has 0 radical (unpaired) electrons. The van der Waals surface area contributed by atoms with Gasteiger partial charge in [-0.25, -0.2) is 9.97 Å². The molecule has 0 aliphatic carbocycles. The fraction of sp³-hybridized carbons (Fsp3) is 0.0625. The summed E-state index contributed by atoms with van der Waals surface area (Å²) in [6.45, 7) is 1.59. The lowest BCUT2D eigenvalue weighted by Gasteiger charge is -2.06. The Kier molecular flexibility index (Phi) is 2.80. The van der Waals surface area contributed by atoms with E-state index in [1.165, 1.54) is 6.33 Å². The number of carbonyl (C=O) groups is 1. The summed E-state index contributed by atoms with van der Waals surface area (Å²) >= 11 is 0. The van der Waals surface area contributed by atoms with Crippen LogP contribution in [-0.2, 0) is 0 Å². The van der Waals surface area contributed by atoms with Crippen molar-refractivity contribution in [3.63, 3.8) is 0 Å². The summed E-state index contributed by atoms with van der Waals surface area (Å²) in [5.41, 5.74) is 2.71. The second-order valence-electron chi connectivity index (χ2n) is 4.42. The Morgan fingerprint density at radius 2 is 1.79 bits per heavy atom. The maximum atomic E-state index is 11.7. The number of rotatable bonds is 2. The number of fused-ring (bicyclic) bond motifs is 1. The van der Waals surface area contributed by atoms with Crippen LogP contribution in [0.1, 0.15) is 17.3 Å². The molecule has 3 rings (SSSR count). The Labute approximate surface area is 111 Å². The number of aromatic nitrogens is 2. The van der Waals surface area contributed by atoms with Crippen LogP contribution in [0.4, 0.5) is 0 Å². The quantitative estimate of drug-likeness (QED) is 0.652. The van der Waals surface area contributed by atoms with Gasteiger partial charge in [0.15, 0.2) is 5.78 Å². The number of Topliss-reactive ketones (excluding diaryl/α,β-unsaturated/α-hetero) is 1. The lowest BCUT2D eigenvalue weighted by atomic mass is 9.98. The first-order valence-corrected chi connectivity index (χ1v) is 6.05. The zero-order chi connectivity index (χ0) is 13.2. The molecular weight excluding hydrogens is 236 g/mol. The third-order valence-corrected chi connectivity index (χ3v) is 3.16. The molecule has 0 atom stereocenters. The van der Waals surface area contributed by atoms with E-state index in [2.05, 4.69) is 9.97 Å². The fourth-order valence-electron chi connectivity index (χ4n) is 2.21. The minimum Gasteiger partial charge on any atom is -0.294 e. The summed E-state index contributed by atoms with van der Waals surface area (Å²) in [6, 6.07) is 11.8. The maximum absolute atomic E-state index is 11.7. The summed E-state index contributed by atoms with van der Waals surface area (Å²) in [7, 11) is 0. The minimum atomic E-state index is 0.0760. The van der Waals surface area contributed by atoms with Gasteiger partial charge in [-0.15, -0.1) is 0 Å². The first kappa shape index (κ1) is 11.5.